The number of carbonyl (C=O) groups excluding carboxylic acids is 1. The minimum Gasteiger partial charge on any atom is -0.385 e. The van der Waals surface area contributed by atoms with Crippen molar-refractivity contribution in [2.45, 2.75) is 23.3 Å². The van der Waals surface area contributed by atoms with Gasteiger partial charge in [-0.25, -0.2) is 18.7 Å². The summed E-state index contributed by atoms with van der Waals surface area (Å²) in [4.78, 5) is 24.1. The summed E-state index contributed by atoms with van der Waals surface area (Å²) in [7, 11) is 0. The number of carbonyl (C=O) groups is 1. The van der Waals surface area contributed by atoms with Crippen LogP contribution >= 0.6 is 11.9 Å². The van der Waals surface area contributed by atoms with Crippen molar-refractivity contribution in [3.05, 3.63) is 89.6 Å². The Bertz CT molecular complexity index is 1430. The molecule has 1 aliphatic heterocycles. The van der Waals surface area contributed by atoms with E-state index in [-0.39, 0.29) is 37.4 Å². The molecule has 0 saturated carbocycles. The van der Waals surface area contributed by atoms with Gasteiger partial charge in [-0.1, -0.05) is 18.2 Å². The summed E-state index contributed by atoms with van der Waals surface area (Å²) in [6.07, 6.45) is 1.76. The highest BCUT2D eigenvalue weighted by Gasteiger charge is 2.38. The number of hydrogen-bond acceptors (Lipinski definition) is 7. The van der Waals surface area contributed by atoms with E-state index in [0.29, 0.717) is 16.9 Å². The van der Waals surface area contributed by atoms with Crippen molar-refractivity contribution in [2.75, 3.05) is 23.5 Å². The number of hydrogen-bond donors (Lipinski definition) is 3. The molecule has 0 radical (unpaired) electrons. The van der Waals surface area contributed by atoms with E-state index < -0.39 is 17.2 Å². The lowest BCUT2D eigenvalue weighted by Crippen LogP contribution is -2.45. The van der Waals surface area contributed by atoms with Gasteiger partial charge in [0.1, 0.15) is 11.3 Å². The Kier molecular flexibility index (Phi) is 6.46. The zero-order valence-corrected chi connectivity index (χ0v) is 19.9. The Labute approximate surface area is 210 Å². The van der Waals surface area contributed by atoms with Crippen LogP contribution in [0, 0.1) is 11.6 Å². The average molecular weight is 508 g/mol. The molecular formula is C26H23F2N5O2S. The summed E-state index contributed by atoms with van der Waals surface area (Å²) in [5, 5.41) is 10.9. The van der Waals surface area contributed by atoms with Crippen molar-refractivity contribution >= 4 is 40.4 Å². The summed E-state index contributed by atoms with van der Waals surface area (Å²) in [6.45, 7) is 0.460. The molecule has 0 aliphatic carbocycles. The number of para-hydroxylation sites is 1. The summed E-state index contributed by atoms with van der Waals surface area (Å²) in [5.74, 6) is -1.86. The van der Waals surface area contributed by atoms with Crippen molar-refractivity contribution in [3.8, 4) is 0 Å². The van der Waals surface area contributed by atoms with Gasteiger partial charge in [0.25, 0.3) is 5.91 Å². The predicted molar refractivity (Wildman–Crippen MR) is 135 cm³/mol. The van der Waals surface area contributed by atoms with E-state index in [0.717, 1.165) is 22.2 Å². The highest BCUT2D eigenvalue weighted by atomic mass is 32.2. The van der Waals surface area contributed by atoms with Crippen LogP contribution in [0.15, 0.2) is 71.8 Å². The number of rotatable bonds is 5. The minimum atomic E-state index is -1.51. The molecule has 2 heterocycles. The lowest BCUT2D eigenvalue weighted by atomic mass is 9.84. The zero-order chi connectivity index (χ0) is 25.3. The van der Waals surface area contributed by atoms with Crippen LogP contribution in [0.3, 0.4) is 0 Å². The van der Waals surface area contributed by atoms with Gasteiger partial charge in [0.05, 0.1) is 22.2 Å². The molecule has 4 aromatic rings. The number of aliphatic hydroxyl groups is 1. The predicted octanol–water partition coefficient (Wildman–Crippen LogP) is 4.73. The van der Waals surface area contributed by atoms with Crippen LogP contribution in [0.5, 0.6) is 0 Å². The molecule has 1 aliphatic rings. The van der Waals surface area contributed by atoms with Crippen LogP contribution < -0.4 is 10.5 Å². The standard InChI is InChI=1S/C26H23F2N5O2S/c27-19-4-1-3-18(23(19)28)26(35)11-13-33(14-12-26)25(34)16-7-9-17(10-8-16)32-36-21-6-2-5-20-24(21)30-15-22(29)31-20/h1-10,15,32,35H,11-14H2,(H2,29,31). The number of piperidine rings is 1. The Morgan fingerprint density at radius 3 is 2.53 bits per heavy atom. The maximum Gasteiger partial charge on any atom is 0.253 e. The van der Waals surface area contributed by atoms with Gasteiger partial charge < -0.3 is 20.5 Å². The van der Waals surface area contributed by atoms with E-state index >= 15 is 0 Å². The van der Waals surface area contributed by atoms with Crippen LogP contribution in [0.2, 0.25) is 0 Å². The van der Waals surface area contributed by atoms with Gasteiger partial charge in [0.15, 0.2) is 11.6 Å². The maximum atomic E-state index is 14.2. The fourth-order valence-electron chi connectivity index (χ4n) is 4.30. The molecule has 184 valence electrons. The largest absolute Gasteiger partial charge is 0.385 e. The van der Waals surface area contributed by atoms with Crippen LogP contribution in [-0.4, -0.2) is 39.0 Å². The summed E-state index contributed by atoms with van der Waals surface area (Å²) in [6, 6.07) is 16.5. The van der Waals surface area contributed by atoms with Gasteiger partial charge in [-0.15, -0.1) is 0 Å². The van der Waals surface area contributed by atoms with Crippen molar-refractivity contribution in [3.63, 3.8) is 0 Å². The van der Waals surface area contributed by atoms with Crippen molar-refractivity contribution in [1.82, 2.24) is 14.9 Å². The van der Waals surface area contributed by atoms with Gasteiger partial charge in [-0.2, -0.15) is 0 Å². The molecule has 1 saturated heterocycles. The van der Waals surface area contributed by atoms with E-state index in [1.807, 2.05) is 18.2 Å². The first-order valence-corrected chi connectivity index (χ1v) is 12.2. The third-order valence-corrected chi connectivity index (χ3v) is 7.18. The normalized spacial score (nSPS) is 15.1. The first-order chi connectivity index (χ1) is 17.3. The molecule has 7 nitrogen and oxygen atoms in total. The second-order valence-corrected chi connectivity index (χ2v) is 9.47. The van der Waals surface area contributed by atoms with Gasteiger partial charge in [-0.05, 0) is 67.3 Å². The van der Waals surface area contributed by atoms with Gasteiger partial charge in [-0.3, -0.25) is 4.79 Å². The summed E-state index contributed by atoms with van der Waals surface area (Å²) < 4.78 is 31.1. The summed E-state index contributed by atoms with van der Waals surface area (Å²) >= 11 is 1.38. The average Bonchev–Trinajstić information content (AvgIpc) is 2.89. The number of halogens is 2. The van der Waals surface area contributed by atoms with Crippen molar-refractivity contribution < 1.29 is 18.7 Å². The SMILES string of the molecule is Nc1cnc2c(SNc3ccc(C(=O)N4CCC(O)(c5cccc(F)c5F)CC4)cc3)cccc2n1. The smallest absolute Gasteiger partial charge is 0.253 e. The Morgan fingerprint density at radius 1 is 1.06 bits per heavy atom. The van der Waals surface area contributed by atoms with Crippen molar-refractivity contribution in [2.24, 2.45) is 0 Å². The van der Waals surface area contributed by atoms with Crippen LogP contribution in [0.1, 0.15) is 28.8 Å². The molecule has 0 atom stereocenters. The number of fused-ring (bicyclic) bond motifs is 1. The number of nitrogens with one attached hydrogen (secondary N) is 1. The topological polar surface area (TPSA) is 104 Å². The lowest BCUT2D eigenvalue weighted by Gasteiger charge is -2.38. The quantitative estimate of drug-likeness (QED) is 0.336. The van der Waals surface area contributed by atoms with Gasteiger partial charge >= 0.3 is 0 Å². The maximum absolute atomic E-state index is 14.2. The molecule has 1 aromatic heterocycles. The molecule has 3 aromatic carbocycles. The Morgan fingerprint density at radius 2 is 1.78 bits per heavy atom. The van der Waals surface area contributed by atoms with Crippen LogP contribution in [-0.2, 0) is 5.60 Å². The number of amides is 1. The number of nitrogen functional groups attached to an aromatic ring is 1. The molecule has 0 spiro atoms. The first-order valence-electron chi connectivity index (χ1n) is 11.3. The molecule has 36 heavy (non-hydrogen) atoms. The molecule has 0 unspecified atom stereocenters. The number of benzene rings is 3. The highest BCUT2D eigenvalue weighted by Crippen LogP contribution is 2.35. The number of likely N-dealkylation sites (tertiary alicyclic amines) is 1. The Hall–Kier alpha value is -3.76. The van der Waals surface area contributed by atoms with Gasteiger partial charge in [0, 0.05) is 29.9 Å². The van der Waals surface area contributed by atoms with E-state index in [1.54, 1.807) is 29.2 Å². The second kappa shape index (κ2) is 9.71. The van der Waals surface area contributed by atoms with E-state index in [9.17, 15) is 18.7 Å². The molecule has 1 fully saturated rings. The molecule has 4 N–H and O–H groups in total. The molecule has 5 rings (SSSR count). The lowest BCUT2D eigenvalue weighted by molar-refractivity contribution is -0.0240. The highest BCUT2D eigenvalue weighted by molar-refractivity contribution is 8.00. The third-order valence-electron chi connectivity index (χ3n) is 6.29. The monoisotopic (exact) mass is 507 g/mol. The fourth-order valence-corrected chi connectivity index (χ4v) is 5.07. The molecule has 0 bridgehead atoms. The Balaban J connectivity index is 1.21. The molecule has 10 heteroatoms. The first kappa shape index (κ1) is 24.0. The zero-order valence-electron chi connectivity index (χ0n) is 19.1. The van der Waals surface area contributed by atoms with Gasteiger partial charge in [0.2, 0.25) is 0 Å². The van der Waals surface area contributed by atoms with Crippen molar-refractivity contribution in [1.29, 1.82) is 0 Å². The molecule has 1 amide bonds. The number of nitrogens with zero attached hydrogens (tertiary/aromatic N) is 3. The van der Waals surface area contributed by atoms with Crippen LogP contribution in [0.4, 0.5) is 20.3 Å². The second-order valence-electron chi connectivity index (χ2n) is 8.63. The number of nitrogens with two attached hydrogens (primary N) is 1. The summed E-state index contributed by atoms with van der Waals surface area (Å²) in [5.41, 5.74) is 6.88. The third kappa shape index (κ3) is 4.69. The fraction of sp³-hybridized carbons (Fsp3) is 0.192. The van der Waals surface area contributed by atoms with E-state index in [4.69, 9.17) is 5.73 Å². The van der Waals surface area contributed by atoms with Crippen LogP contribution in [0.25, 0.3) is 11.0 Å². The van der Waals surface area contributed by atoms with E-state index in [1.165, 1.54) is 30.3 Å². The number of anilines is 2. The molecular weight excluding hydrogens is 484 g/mol. The van der Waals surface area contributed by atoms with E-state index in [2.05, 4.69) is 14.7 Å². The number of aromatic nitrogens is 2. The minimum absolute atomic E-state index is 0.0665.